The van der Waals surface area contributed by atoms with Crippen LogP contribution in [0.3, 0.4) is 0 Å². The van der Waals surface area contributed by atoms with E-state index in [0.717, 1.165) is 38.8 Å². The minimum atomic E-state index is 0.276. The number of thiol groups is 1. The maximum Gasteiger partial charge on any atom is 0.225 e. The van der Waals surface area contributed by atoms with Crippen molar-refractivity contribution in [1.29, 1.82) is 0 Å². The fraction of sp³-hybridized carbons (Fsp3) is 0.909. The SMILES string of the molecule is CCN(CC)C(=O)C1CCC(S)CC1. The second-order valence-corrected chi connectivity index (χ2v) is 4.75. The fourth-order valence-corrected chi connectivity index (χ4v) is 2.41. The molecule has 0 aromatic heterocycles. The number of hydrogen-bond acceptors (Lipinski definition) is 2. The van der Waals surface area contributed by atoms with Crippen molar-refractivity contribution in [3.8, 4) is 0 Å². The van der Waals surface area contributed by atoms with Gasteiger partial charge in [-0.1, -0.05) is 0 Å². The maximum atomic E-state index is 12.0. The Balaban J connectivity index is 2.44. The van der Waals surface area contributed by atoms with Gasteiger partial charge in [-0.2, -0.15) is 12.6 Å². The van der Waals surface area contributed by atoms with Crippen LogP contribution in [0.15, 0.2) is 0 Å². The summed E-state index contributed by atoms with van der Waals surface area (Å²) in [6.07, 6.45) is 4.26. The molecule has 0 spiro atoms. The van der Waals surface area contributed by atoms with Gasteiger partial charge in [0.15, 0.2) is 0 Å². The van der Waals surface area contributed by atoms with Crippen molar-refractivity contribution in [1.82, 2.24) is 4.90 Å². The van der Waals surface area contributed by atoms with Crippen LogP contribution >= 0.6 is 12.6 Å². The lowest BCUT2D eigenvalue weighted by atomic mass is 9.88. The molecule has 0 aliphatic heterocycles. The van der Waals surface area contributed by atoms with Gasteiger partial charge >= 0.3 is 0 Å². The summed E-state index contributed by atoms with van der Waals surface area (Å²) in [6, 6.07) is 0. The number of carbonyl (C=O) groups excluding carboxylic acids is 1. The second kappa shape index (κ2) is 5.64. The third kappa shape index (κ3) is 2.91. The van der Waals surface area contributed by atoms with Crippen molar-refractivity contribution in [2.24, 2.45) is 5.92 Å². The zero-order valence-electron chi connectivity index (χ0n) is 9.20. The van der Waals surface area contributed by atoms with Crippen molar-refractivity contribution < 1.29 is 4.79 Å². The summed E-state index contributed by atoms with van der Waals surface area (Å²) in [4.78, 5) is 13.9. The first-order valence-corrected chi connectivity index (χ1v) is 6.17. The molecule has 0 radical (unpaired) electrons. The highest BCUT2D eigenvalue weighted by Crippen LogP contribution is 2.28. The average Bonchev–Trinajstić information content (AvgIpc) is 2.20. The molecule has 1 amide bonds. The lowest BCUT2D eigenvalue weighted by Crippen LogP contribution is -2.37. The highest BCUT2D eigenvalue weighted by Gasteiger charge is 2.26. The summed E-state index contributed by atoms with van der Waals surface area (Å²) in [5.41, 5.74) is 0. The molecule has 1 aliphatic carbocycles. The molecular formula is C11H21NOS. The van der Waals surface area contributed by atoms with E-state index in [2.05, 4.69) is 12.6 Å². The summed E-state index contributed by atoms with van der Waals surface area (Å²) in [5.74, 6) is 0.633. The summed E-state index contributed by atoms with van der Waals surface area (Å²) in [5, 5.41) is 0.524. The van der Waals surface area contributed by atoms with E-state index in [1.54, 1.807) is 0 Å². The highest BCUT2D eigenvalue weighted by molar-refractivity contribution is 7.80. The lowest BCUT2D eigenvalue weighted by Gasteiger charge is -2.29. The molecule has 14 heavy (non-hydrogen) atoms. The Morgan fingerprint density at radius 3 is 2.14 bits per heavy atom. The molecule has 1 rings (SSSR count). The van der Waals surface area contributed by atoms with Crippen LogP contribution in [-0.4, -0.2) is 29.1 Å². The number of nitrogens with zero attached hydrogens (tertiary/aromatic N) is 1. The van der Waals surface area contributed by atoms with Gasteiger partial charge in [-0.15, -0.1) is 0 Å². The second-order valence-electron chi connectivity index (χ2n) is 4.02. The first-order valence-electron chi connectivity index (χ1n) is 5.65. The summed E-state index contributed by atoms with van der Waals surface area (Å²) >= 11 is 4.44. The molecule has 82 valence electrons. The molecule has 0 N–H and O–H groups in total. The lowest BCUT2D eigenvalue weighted by molar-refractivity contribution is -0.136. The first-order chi connectivity index (χ1) is 6.69. The van der Waals surface area contributed by atoms with Gasteiger partial charge in [0.25, 0.3) is 0 Å². The van der Waals surface area contributed by atoms with E-state index in [0.29, 0.717) is 11.2 Å². The molecule has 0 atom stereocenters. The Hall–Kier alpha value is -0.180. The summed E-state index contributed by atoms with van der Waals surface area (Å²) in [7, 11) is 0. The largest absolute Gasteiger partial charge is 0.343 e. The molecule has 1 saturated carbocycles. The Bertz CT molecular complexity index is 184. The molecule has 0 aromatic rings. The van der Waals surface area contributed by atoms with Gasteiger partial charge in [0, 0.05) is 24.3 Å². The molecule has 1 aliphatic rings. The van der Waals surface area contributed by atoms with Gasteiger partial charge in [0.1, 0.15) is 0 Å². The molecule has 2 nitrogen and oxygen atoms in total. The molecule has 0 unspecified atom stereocenters. The van der Waals surface area contributed by atoms with E-state index in [1.165, 1.54) is 0 Å². The smallest absolute Gasteiger partial charge is 0.225 e. The Morgan fingerprint density at radius 1 is 1.21 bits per heavy atom. The Kier molecular flexibility index (Phi) is 4.79. The number of rotatable bonds is 3. The zero-order chi connectivity index (χ0) is 10.6. The number of amides is 1. The summed E-state index contributed by atoms with van der Waals surface area (Å²) < 4.78 is 0. The average molecular weight is 215 g/mol. The van der Waals surface area contributed by atoms with E-state index in [-0.39, 0.29) is 5.92 Å². The summed E-state index contributed by atoms with van der Waals surface area (Å²) in [6.45, 7) is 5.78. The van der Waals surface area contributed by atoms with Gasteiger partial charge in [0.2, 0.25) is 5.91 Å². The molecule has 0 bridgehead atoms. The van der Waals surface area contributed by atoms with E-state index >= 15 is 0 Å². The maximum absolute atomic E-state index is 12.0. The van der Waals surface area contributed by atoms with E-state index < -0.39 is 0 Å². The van der Waals surface area contributed by atoms with Crippen molar-refractivity contribution in [3.63, 3.8) is 0 Å². The predicted molar refractivity (Wildman–Crippen MR) is 62.7 cm³/mol. The quantitative estimate of drug-likeness (QED) is 0.717. The van der Waals surface area contributed by atoms with Crippen molar-refractivity contribution in [2.75, 3.05) is 13.1 Å². The van der Waals surface area contributed by atoms with Crippen molar-refractivity contribution in [3.05, 3.63) is 0 Å². The van der Waals surface area contributed by atoms with Crippen molar-refractivity contribution in [2.45, 2.75) is 44.8 Å². The van der Waals surface area contributed by atoms with Gasteiger partial charge in [0.05, 0.1) is 0 Å². The highest BCUT2D eigenvalue weighted by atomic mass is 32.1. The molecule has 0 saturated heterocycles. The van der Waals surface area contributed by atoms with Crippen LogP contribution in [0.4, 0.5) is 0 Å². The van der Waals surface area contributed by atoms with Crippen LogP contribution in [0.5, 0.6) is 0 Å². The van der Waals surface area contributed by atoms with Gasteiger partial charge in [-0.3, -0.25) is 4.79 Å². The van der Waals surface area contributed by atoms with Crippen LogP contribution in [0, 0.1) is 5.92 Å². The Labute approximate surface area is 92.5 Å². The molecule has 3 heteroatoms. The zero-order valence-corrected chi connectivity index (χ0v) is 10.1. The van der Waals surface area contributed by atoms with Crippen LogP contribution in [0.2, 0.25) is 0 Å². The normalized spacial score (nSPS) is 27.4. The molecular weight excluding hydrogens is 194 g/mol. The van der Waals surface area contributed by atoms with Crippen LogP contribution < -0.4 is 0 Å². The van der Waals surface area contributed by atoms with E-state index in [1.807, 2.05) is 18.7 Å². The van der Waals surface area contributed by atoms with Crippen LogP contribution in [0.25, 0.3) is 0 Å². The van der Waals surface area contributed by atoms with Crippen LogP contribution in [0.1, 0.15) is 39.5 Å². The standard InChI is InChI=1S/C11H21NOS/c1-3-12(4-2)11(13)9-5-7-10(14)8-6-9/h9-10,14H,3-8H2,1-2H3. The monoisotopic (exact) mass is 215 g/mol. The minimum Gasteiger partial charge on any atom is -0.343 e. The predicted octanol–water partition coefficient (Wildman–Crippen LogP) is 2.34. The van der Waals surface area contributed by atoms with Crippen molar-refractivity contribution >= 4 is 18.5 Å². The molecule has 0 heterocycles. The molecule has 0 aromatic carbocycles. The number of hydrogen-bond donors (Lipinski definition) is 1. The van der Waals surface area contributed by atoms with E-state index in [4.69, 9.17) is 0 Å². The van der Waals surface area contributed by atoms with Gasteiger partial charge in [-0.25, -0.2) is 0 Å². The van der Waals surface area contributed by atoms with Gasteiger partial charge < -0.3 is 4.90 Å². The third-order valence-corrected chi connectivity index (χ3v) is 3.64. The minimum absolute atomic E-state index is 0.276. The number of carbonyl (C=O) groups is 1. The molecule has 1 fully saturated rings. The topological polar surface area (TPSA) is 20.3 Å². The fourth-order valence-electron chi connectivity index (χ4n) is 2.12. The Morgan fingerprint density at radius 2 is 1.71 bits per heavy atom. The van der Waals surface area contributed by atoms with E-state index in [9.17, 15) is 4.79 Å². The first kappa shape index (κ1) is 11.9. The van der Waals surface area contributed by atoms with Gasteiger partial charge in [-0.05, 0) is 39.5 Å². The van der Waals surface area contributed by atoms with Crippen LogP contribution in [-0.2, 0) is 4.79 Å². The third-order valence-electron chi connectivity index (χ3n) is 3.12.